The fourth-order valence-corrected chi connectivity index (χ4v) is 2.73. The van der Waals surface area contributed by atoms with Gasteiger partial charge in [0.2, 0.25) is 0 Å². The average Bonchev–Trinajstić information content (AvgIpc) is 2.38. The van der Waals surface area contributed by atoms with E-state index in [4.69, 9.17) is 0 Å². The molecule has 1 aromatic heterocycles. The molecular weight excluding hydrogens is 182 g/mol. The average molecular weight is 195 g/mol. The molecule has 3 heteroatoms. The SMILES string of the molecule is Cc1cc2c(s1)CCN(C)CC2=O. The summed E-state index contributed by atoms with van der Waals surface area (Å²) in [5.74, 6) is 0.277. The van der Waals surface area contributed by atoms with Crippen LogP contribution in [0.25, 0.3) is 0 Å². The molecule has 2 heterocycles. The predicted molar refractivity (Wildman–Crippen MR) is 54.6 cm³/mol. The fourth-order valence-electron chi connectivity index (χ4n) is 1.69. The molecule has 0 bridgehead atoms. The van der Waals surface area contributed by atoms with Crippen LogP contribution in [0.5, 0.6) is 0 Å². The standard InChI is InChI=1S/C10H13NOS/c1-7-5-8-9(12)6-11(2)4-3-10(8)13-7/h5H,3-4,6H2,1-2H3. The molecule has 1 aliphatic heterocycles. The largest absolute Gasteiger partial charge is 0.299 e. The quantitative estimate of drug-likeness (QED) is 0.628. The summed E-state index contributed by atoms with van der Waals surface area (Å²) in [7, 11) is 2.00. The number of carbonyl (C=O) groups excluding carboxylic acids is 1. The van der Waals surface area contributed by atoms with E-state index < -0.39 is 0 Å². The summed E-state index contributed by atoms with van der Waals surface area (Å²) < 4.78 is 0. The maximum atomic E-state index is 11.7. The van der Waals surface area contributed by atoms with Gasteiger partial charge in [-0.05, 0) is 26.5 Å². The Morgan fingerprint density at radius 1 is 1.54 bits per heavy atom. The Morgan fingerprint density at radius 2 is 2.31 bits per heavy atom. The van der Waals surface area contributed by atoms with Crippen LogP contribution in [0.15, 0.2) is 6.07 Å². The van der Waals surface area contributed by atoms with Crippen molar-refractivity contribution < 1.29 is 4.79 Å². The number of ketones is 1. The van der Waals surface area contributed by atoms with Crippen molar-refractivity contribution in [1.82, 2.24) is 4.90 Å². The summed E-state index contributed by atoms with van der Waals surface area (Å²) in [4.78, 5) is 16.3. The molecular formula is C10H13NOS. The van der Waals surface area contributed by atoms with Crippen molar-refractivity contribution in [2.45, 2.75) is 13.3 Å². The first-order valence-electron chi connectivity index (χ1n) is 4.48. The van der Waals surface area contributed by atoms with Crippen molar-refractivity contribution in [3.05, 3.63) is 21.4 Å². The Labute approximate surface area is 82.2 Å². The first kappa shape index (κ1) is 8.91. The Hall–Kier alpha value is -0.670. The molecule has 0 spiro atoms. The minimum Gasteiger partial charge on any atom is -0.299 e. The molecule has 2 nitrogen and oxygen atoms in total. The van der Waals surface area contributed by atoms with Gasteiger partial charge in [-0.1, -0.05) is 0 Å². The van der Waals surface area contributed by atoms with Crippen molar-refractivity contribution in [3.8, 4) is 0 Å². The Morgan fingerprint density at radius 3 is 3.08 bits per heavy atom. The summed E-state index contributed by atoms with van der Waals surface area (Å²) in [6.45, 7) is 3.64. The van der Waals surface area contributed by atoms with Gasteiger partial charge in [-0.3, -0.25) is 9.69 Å². The minimum atomic E-state index is 0.277. The van der Waals surface area contributed by atoms with Gasteiger partial charge in [0, 0.05) is 21.9 Å². The van der Waals surface area contributed by atoms with Crippen LogP contribution in [-0.4, -0.2) is 30.8 Å². The Balaban J connectivity index is 2.39. The second kappa shape index (κ2) is 3.24. The Kier molecular flexibility index (Phi) is 2.22. The number of nitrogens with zero attached hydrogens (tertiary/aromatic N) is 1. The van der Waals surface area contributed by atoms with Gasteiger partial charge in [-0.2, -0.15) is 0 Å². The molecule has 0 saturated carbocycles. The third kappa shape index (κ3) is 1.67. The molecule has 0 saturated heterocycles. The van der Waals surface area contributed by atoms with E-state index in [-0.39, 0.29) is 5.78 Å². The molecule has 0 amide bonds. The van der Waals surface area contributed by atoms with Gasteiger partial charge < -0.3 is 0 Å². The lowest BCUT2D eigenvalue weighted by Gasteiger charge is -2.10. The summed E-state index contributed by atoms with van der Waals surface area (Å²) >= 11 is 1.76. The van der Waals surface area contributed by atoms with Crippen molar-refractivity contribution in [1.29, 1.82) is 0 Å². The third-order valence-corrected chi connectivity index (χ3v) is 3.48. The van der Waals surface area contributed by atoms with Crippen molar-refractivity contribution >= 4 is 17.1 Å². The first-order valence-corrected chi connectivity index (χ1v) is 5.29. The zero-order chi connectivity index (χ0) is 9.42. The topological polar surface area (TPSA) is 20.3 Å². The summed E-state index contributed by atoms with van der Waals surface area (Å²) in [6.07, 6.45) is 1.02. The van der Waals surface area contributed by atoms with E-state index in [2.05, 4.69) is 11.8 Å². The maximum Gasteiger partial charge on any atom is 0.177 e. The van der Waals surface area contributed by atoms with Gasteiger partial charge in [-0.15, -0.1) is 11.3 Å². The van der Waals surface area contributed by atoms with Crippen LogP contribution in [0.2, 0.25) is 0 Å². The van der Waals surface area contributed by atoms with Crippen LogP contribution in [0.1, 0.15) is 20.1 Å². The Bertz CT molecular complexity index is 343. The van der Waals surface area contributed by atoms with Gasteiger partial charge in [-0.25, -0.2) is 0 Å². The zero-order valence-electron chi connectivity index (χ0n) is 7.96. The first-order chi connectivity index (χ1) is 6.16. The number of hydrogen-bond donors (Lipinski definition) is 0. The van der Waals surface area contributed by atoms with Crippen LogP contribution in [0, 0.1) is 6.92 Å². The van der Waals surface area contributed by atoms with E-state index in [0.29, 0.717) is 6.54 Å². The molecule has 0 unspecified atom stereocenters. The highest BCUT2D eigenvalue weighted by atomic mass is 32.1. The number of aryl methyl sites for hydroxylation is 1. The second-order valence-electron chi connectivity index (χ2n) is 3.60. The molecule has 13 heavy (non-hydrogen) atoms. The molecule has 0 fully saturated rings. The van der Waals surface area contributed by atoms with E-state index in [1.165, 1.54) is 9.75 Å². The van der Waals surface area contributed by atoms with Crippen LogP contribution in [0.3, 0.4) is 0 Å². The van der Waals surface area contributed by atoms with Crippen LogP contribution in [-0.2, 0) is 6.42 Å². The van der Waals surface area contributed by atoms with Crippen LogP contribution >= 0.6 is 11.3 Å². The van der Waals surface area contributed by atoms with Crippen molar-refractivity contribution in [3.63, 3.8) is 0 Å². The van der Waals surface area contributed by atoms with Gasteiger partial charge >= 0.3 is 0 Å². The number of carbonyl (C=O) groups is 1. The molecule has 0 radical (unpaired) electrons. The number of hydrogen-bond acceptors (Lipinski definition) is 3. The summed E-state index contributed by atoms with van der Waals surface area (Å²) in [5, 5.41) is 0. The highest BCUT2D eigenvalue weighted by molar-refractivity contribution is 7.12. The lowest BCUT2D eigenvalue weighted by Crippen LogP contribution is -2.24. The summed E-state index contributed by atoms with van der Waals surface area (Å²) in [5.41, 5.74) is 0.965. The van der Waals surface area contributed by atoms with E-state index in [1.54, 1.807) is 11.3 Å². The predicted octanol–water partition coefficient (Wildman–Crippen LogP) is 1.73. The van der Waals surface area contributed by atoms with Gasteiger partial charge in [0.05, 0.1) is 6.54 Å². The minimum absolute atomic E-state index is 0.277. The van der Waals surface area contributed by atoms with Crippen LogP contribution in [0.4, 0.5) is 0 Å². The van der Waals surface area contributed by atoms with Crippen LogP contribution < -0.4 is 0 Å². The third-order valence-electron chi connectivity index (χ3n) is 2.37. The maximum absolute atomic E-state index is 11.7. The van der Waals surface area contributed by atoms with Gasteiger partial charge in [0.25, 0.3) is 0 Å². The number of fused-ring (bicyclic) bond motifs is 1. The van der Waals surface area contributed by atoms with E-state index in [1.807, 2.05) is 13.1 Å². The summed E-state index contributed by atoms with van der Waals surface area (Å²) in [6, 6.07) is 2.03. The number of thiophene rings is 1. The number of likely N-dealkylation sites (N-methyl/N-ethyl adjacent to an activating group) is 1. The molecule has 70 valence electrons. The normalized spacial score (nSPS) is 18.5. The van der Waals surface area contributed by atoms with Gasteiger partial charge in [0.15, 0.2) is 5.78 Å². The van der Waals surface area contributed by atoms with Crippen molar-refractivity contribution in [2.75, 3.05) is 20.1 Å². The number of rotatable bonds is 0. The zero-order valence-corrected chi connectivity index (χ0v) is 8.78. The van der Waals surface area contributed by atoms with E-state index >= 15 is 0 Å². The molecule has 2 rings (SSSR count). The van der Waals surface area contributed by atoms with E-state index in [9.17, 15) is 4.79 Å². The highest BCUT2D eigenvalue weighted by Crippen LogP contribution is 2.24. The molecule has 1 aromatic rings. The number of Topliss-reactive ketones (excluding diaryl/α,β-unsaturated/α-hetero) is 1. The monoisotopic (exact) mass is 195 g/mol. The molecule has 1 aliphatic rings. The van der Waals surface area contributed by atoms with Crippen molar-refractivity contribution in [2.24, 2.45) is 0 Å². The van der Waals surface area contributed by atoms with Gasteiger partial charge in [0.1, 0.15) is 0 Å². The molecule has 0 atom stereocenters. The lowest BCUT2D eigenvalue weighted by atomic mass is 10.1. The molecule has 0 aromatic carbocycles. The second-order valence-corrected chi connectivity index (χ2v) is 4.95. The highest BCUT2D eigenvalue weighted by Gasteiger charge is 2.20. The van der Waals surface area contributed by atoms with E-state index in [0.717, 1.165) is 18.5 Å². The molecule has 0 aliphatic carbocycles. The fraction of sp³-hybridized carbons (Fsp3) is 0.500. The smallest absolute Gasteiger partial charge is 0.177 e. The molecule has 0 N–H and O–H groups in total. The lowest BCUT2D eigenvalue weighted by molar-refractivity contribution is 0.0954.